The molecule has 7 heteroatoms. The minimum atomic E-state index is -1.09. The summed E-state index contributed by atoms with van der Waals surface area (Å²) in [5, 5.41) is 13.0. The lowest BCUT2D eigenvalue weighted by molar-refractivity contribution is -0.139. The summed E-state index contributed by atoms with van der Waals surface area (Å²) in [4.78, 5) is 28.5. The van der Waals surface area contributed by atoms with Crippen LogP contribution < -0.4 is 15.0 Å². The molecule has 0 aliphatic heterocycles. The van der Waals surface area contributed by atoms with E-state index in [0.29, 0.717) is 5.56 Å². The Morgan fingerprint density at radius 2 is 1.43 bits per heavy atom. The minimum absolute atomic E-state index is 0.157. The fraction of sp³-hybridized carbons (Fsp3) is 0.350. The van der Waals surface area contributed by atoms with Crippen LogP contribution >= 0.6 is 15.9 Å². The number of hydrogen-bond acceptors (Lipinski definition) is 4. The highest BCUT2D eigenvalue weighted by atomic mass is 79.9. The molecule has 4 rings (SSSR count). The molecule has 0 aliphatic carbocycles. The maximum absolute atomic E-state index is 13.8. The monoisotopic (exact) mass is 698 g/mol. The van der Waals surface area contributed by atoms with Gasteiger partial charge >= 0.3 is 5.97 Å². The molecule has 0 spiro atoms. The number of carboxylic acids is 1. The number of anilines is 1. The van der Waals surface area contributed by atoms with Crippen LogP contribution in [0.2, 0.25) is 0 Å². The third kappa shape index (κ3) is 11.0. The van der Waals surface area contributed by atoms with Gasteiger partial charge in [0.15, 0.2) is 0 Å². The van der Waals surface area contributed by atoms with E-state index in [1.165, 1.54) is 12.8 Å². The second-order valence-corrected chi connectivity index (χ2v) is 12.9. The molecule has 1 amide bonds. The molecule has 0 unspecified atom stereocenters. The van der Waals surface area contributed by atoms with Crippen LogP contribution in [-0.2, 0) is 11.2 Å². The fourth-order valence-electron chi connectivity index (χ4n) is 5.68. The number of amides is 1. The van der Waals surface area contributed by atoms with Crippen LogP contribution in [0.1, 0.15) is 81.1 Å². The Kier molecular flexibility index (Phi) is 14.4. The molecule has 0 saturated heterocycles. The number of nitrogens with zero attached hydrogens (tertiary/aromatic N) is 1. The Morgan fingerprint density at radius 3 is 2.06 bits per heavy atom. The molecule has 0 saturated carbocycles. The molecular formula is C40H47BrN2O4. The molecule has 4 aromatic carbocycles. The normalized spacial score (nSPS) is 11.6. The number of hydrogen-bond donors (Lipinski definition) is 2. The van der Waals surface area contributed by atoms with E-state index < -0.39 is 12.0 Å². The minimum Gasteiger partial charge on any atom is -0.480 e. The van der Waals surface area contributed by atoms with Crippen LogP contribution in [0.15, 0.2) is 102 Å². The molecule has 2 N–H and O–H groups in total. The van der Waals surface area contributed by atoms with E-state index >= 15 is 0 Å². The van der Waals surface area contributed by atoms with E-state index in [1.54, 1.807) is 6.07 Å². The molecule has 1 atom stereocenters. The first-order chi connectivity index (χ1) is 22.9. The molecule has 0 bridgehead atoms. The summed E-state index contributed by atoms with van der Waals surface area (Å²) in [5.74, 6) is 0.0269. The highest BCUT2D eigenvalue weighted by Crippen LogP contribution is 2.33. The number of benzene rings is 4. The van der Waals surface area contributed by atoms with Gasteiger partial charge in [0.25, 0.3) is 5.91 Å². The van der Waals surface area contributed by atoms with Gasteiger partial charge < -0.3 is 20.1 Å². The van der Waals surface area contributed by atoms with E-state index in [1.807, 2.05) is 91.0 Å². The maximum Gasteiger partial charge on any atom is 0.326 e. The van der Waals surface area contributed by atoms with Crippen molar-refractivity contribution < 1.29 is 19.4 Å². The summed E-state index contributed by atoms with van der Waals surface area (Å²) < 4.78 is 6.92. The lowest BCUT2D eigenvalue weighted by atomic mass is 9.99. The van der Waals surface area contributed by atoms with Crippen molar-refractivity contribution in [3.63, 3.8) is 0 Å². The van der Waals surface area contributed by atoms with Gasteiger partial charge in [0.2, 0.25) is 0 Å². The van der Waals surface area contributed by atoms with Crippen LogP contribution in [-0.4, -0.2) is 36.1 Å². The first-order valence-electron chi connectivity index (χ1n) is 16.9. The average molecular weight is 700 g/mol. The predicted octanol–water partition coefficient (Wildman–Crippen LogP) is 10.3. The number of carbonyl (C=O) groups is 2. The molecule has 0 fully saturated rings. The summed E-state index contributed by atoms with van der Waals surface area (Å²) >= 11 is 3.53. The molecule has 0 heterocycles. The van der Waals surface area contributed by atoms with Gasteiger partial charge in [-0.2, -0.15) is 0 Å². The molecule has 0 aliphatic rings. The highest BCUT2D eigenvalue weighted by Gasteiger charge is 2.24. The van der Waals surface area contributed by atoms with Gasteiger partial charge in [0.1, 0.15) is 17.5 Å². The number of ether oxygens (including phenoxy) is 1. The molecule has 4 aromatic rings. The van der Waals surface area contributed by atoms with Crippen LogP contribution in [0.4, 0.5) is 5.69 Å². The van der Waals surface area contributed by atoms with Gasteiger partial charge in [0, 0.05) is 35.2 Å². The standard InChI is InChI=1S/C40H47BrN2O4/c1-3-5-7-14-26-43(27-15-8-6-4-2)37-25-24-32(41)29-35(37)39(44)42-36(40(45)46)28-30-20-22-31(23-21-30)34-18-12-13-19-38(34)47-33-16-10-9-11-17-33/h9-13,16-25,29,36H,3-8,14-15,26-28H2,1-2H3,(H,42,44)(H,45,46)/t36-/m0/s1. The van der Waals surface area contributed by atoms with E-state index in [9.17, 15) is 14.7 Å². The third-order valence-corrected chi connectivity index (χ3v) is 8.77. The SMILES string of the molecule is CCCCCCN(CCCCCC)c1ccc(Br)cc1C(=O)N[C@@H](Cc1ccc(-c2ccccc2Oc2ccccc2)cc1)C(=O)O. The van der Waals surface area contributed by atoms with Crippen LogP contribution in [0.5, 0.6) is 11.5 Å². The lowest BCUT2D eigenvalue weighted by Gasteiger charge is -2.28. The van der Waals surface area contributed by atoms with Crippen molar-refractivity contribution in [3.8, 4) is 22.6 Å². The molecule has 0 aromatic heterocycles. The summed E-state index contributed by atoms with van der Waals surface area (Å²) in [5.41, 5.74) is 4.03. The van der Waals surface area contributed by atoms with Gasteiger partial charge in [-0.15, -0.1) is 0 Å². The Balaban J connectivity index is 1.49. The number of rotatable bonds is 19. The smallest absolute Gasteiger partial charge is 0.326 e. The molecule has 47 heavy (non-hydrogen) atoms. The van der Waals surface area contributed by atoms with Crippen molar-refractivity contribution in [2.75, 3.05) is 18.0 Å². The average Bonchev–Trinajstić information content (AvgIpc) is 3.08. The summed E-state index contributed by atoms with van der Waals surface area (Å²) in [6.45, 7) is 6.13. The number of aliphatic carboxylic acids is 1. The van der Waals surface area contributed by atoms with E-state index in [-0.39, 0.29) is 12.3 Å². The Labute approximate surface area is 288 Å². The zero-order valence-electron chi connectivity index (χ0n) is 27.6. The summed E-state index contributed by atoms with van der Waals surface area (Å²) in [7, 11) is 0. The Morgan fingerprint density at radius 1 is 0.787 bits per heavy atom. The van der Waals surface area contributed by atoms with Crippen LogP contribution in [0.25, 0.3) is 11.1 Å². The second-order valence-electron chi connectivity index (χ2n) is 11.9. The molecule has 6 nitrogen and oxygen atoms in total. The van der Waals surface area contributed by atoms with Crippen molar-refractivity contribution in [1.82, 2.24) is 5.32 Å². The van der Waals surface area contributed by atoms with Crippen molar-refractivity contribution in [2.45, 2.75) is 77.7 Å². The van der Waals surface area contributed by atoms with E-state index in [4.69, 9.17) is 4.74 Å². The first kappa shape index (κ1) is 35.7. The van der Waals surface area contributed by atoms with Gasteiger partial charge in [-0.1, -0.05) is 129 Å². The van der Waals surface area contributed by atoms with Gasteiger partial charge in [0.05, 0.1) is 5.56 Å². The number of carbonyl (C=O) groups excluding carboxylic acids is 1. The van der Waals surface area contributed by atoms with Crippen molar-refractivity contribution in [2.24, 2.45) is 0 Å². The number of nitrogens with one attached hydrogen (secondary N) is 1. The summed E-state index contributed by atoms with van der Waals surface area (Å²) in [6, 6.07) is 29.9. The quantitative estimate of drug-likeness (QED) is 0.0953. The maximum atomic E-state index is 13.8. The van der Waals surface area contributed by atoms with E-state index in [2.05, 4.69) is 40.0 Å². The van der Waals surface area contributed by atoms with Crippen molar-refractivity contribution in [3.05, 3.63) is 113 Å². The lowest BCUT2D eigenvalue weighted by Crippen LogP contribution is -2.43. The van der Waals surface area contributed by atoms with Gasteiger partial charge in [-0.3, -0.25) is 4.79 Å². The topological polar surface area (TPSA) is 78.9 Å². The Bertz CT molecular complexity index is 1550. The van der Waals surface area contributed by atoms with Crippen LogP contribution in [0, 0.1) is 0 Å². The molecular weight excluding hydrogens is 652 g/mol. The van der Waals surface area contributed by atoms with Crippen LogP contribution in [0.3, 0.4) is 0 Å². The number of halogens is 1. The zero-order chi connectivity index (χ0) is 33.4. The number of unbranched alkanes of at least 4 members (excludes halogenated alkanes) is 6. The van der Waals surface area contributed by atoms with Crippen molar-refractivity contribution >= 4 is 33.5 Å². The first-order valence-corrected chi connectivity index (χ1v) is 17.7. The Hall–Kier alpha value is -4.10. The second kappa shape index (κ2) is 18.9. The van der Waals surface area contributed by atoms with E-state index in [0.717, 1.165) is 90.0 Å². The number of carboxylic acid groups (broad SMARTS) is 1. The predicted molar refractivity (Wildman–Crippen MR) is 196 cm³/mol. The molecule has 248 valence electrons. The molecule has 0 radical (unpaired) electrons. The highest BCUT2D eigenvalue weighted by molar-refractivity contribution is 9.10. The van der Waals surface area contributed by atoms with Gasteiger partial charge in [-0.05, 0) is 60.4 Å². The third-order valence-electron chi connectivity index (χ3n) is 8.27. The fourth-order valence-corrected chi connectivity index (χ4v) is 6.04. The zero-order valence-corrected chi connectivity index (χ0v) is 29.2. The van der Waals surface area contributed by atoms with Crippen molar-refractivity contribution in [1.29, 1.82) is 0 Å². The number of para-hydroxylation sites is 2. The largest absolute Gasteiger partial charge is 0.480 e. The van der Waals surface area contributed by atoms with Gasteiger partial charge in [-0.25, -0.2) is 4.79 Å². The summed E-state index contributed by atoms with van der Waals surface area (Å²) in [6.07, 6.45) is 9.25.